The topological polar surface area (TPSA) is 83.0 Å². The van der Waals surface area contributed by atoms with Gasteiger partial charge in [0.1, 0.15) is 24.3 Å². The zero-order valence-corrected chi connectivity index (χ0v) is 14.3. The molecule has 0 amide bonds. The van der Waals surface area contributed by atoms with Crippen molar-refractivity contribution in [3.8, 4) is 11.4 Å². The first-order valence-electron chi connectivity index (χ1n) is 8.10. The number of hydrogen-bond acceptors (Lipinski definition) is 6. The van der Waals surface area contributed by atoms with Gasteiger partial charge in [-0.2, -0.15) is 0 Å². The summed E-state index contributed by atoms with van der Waals surface area (Å²) in [6, 6.07) is 12.8. The molecule has 0 unspecified atom stereocenters. The van der Waals surface area contributed by atoms with E-state index < -0.39 is 0 Å². The van der Waals surface area contributed by atoms with Crippen molar-refractivity contribution in [2.75, 3.05) is 0 Å². The zero-order valence-electron chi connectivity index (χ0n) is 14.3. The van der Waals surface area contributed by atoms with Crippen molar-refractivity contribution in [2.45, 2.75) is 20.5 Å². The van der Waals surface area contributed by atoms with Gasteiger partial charge in [-0.05, 0) is 71.8 Å². The van der Waals surface area contributed by atoms with E-state index in [0.717, 1.165) is 27.8 Å². The molecule has 7 nitrogen and oxygen atoms in total. The van der Waals surface area contributed by atoms with Crippen LogP contribution < -0.4 is 10.4 Å². The van der Waals surface area contributed by atoms with Gasteiger partial charge in [-0.1, -0.05) is 0 Å². The molecule has 26 heavy (non-hydrogen) atoms. The molecule has 0 N–H and O–H groups in total. The van der Waals surface area contributed by atoms with Crippen molar-refractivity contribution in [3.63, 3.8) is 0 Å². The quantitative estimate of drug-likeness (QED) is 0.527. The fraction of sp³-hybridized carbons (Fsp3) is 0.158. The van der Waals surface area contributed by atoms with Crippen LogP contribution in [0.15, 0.2) is 58.0 Å². The Balaban J connectivity index is 1.60. The maximum absolute atomic E-state index is 11.8. The molecule has 4 aromatic rings. The standard InChI is InChI=1S/C19H16N4O3/c1-12-7-17-14(9-19(24)26-18(17)8-13(12)2)10-25-16-5-3-15(4-6-16)23-11-20-21-22-23/h3-9,11H,10H2,1-2H3. The van der Waals surface area contributed by atoms with E-state index in [9.17, 15) is 4.79 Å². The average molecular weight is 348 g/mol. The van der Waals surface area contributed by atoms with Crippen LogP contribution in [0.3, 0.4) is 0 Å². The van der Waals surface area contributed by atoms with Crippen LogP contribution in [0, 0.1) is 13.8 Å². The van der Waals surface area contributed by atoms with Gasteiger partial charge in [-0.25, -0.2) is 9.48 Å². The molecule has 7 heteroatoms. The van der Waals surface area contributed by atoms with Gasteiger partial charge in [0.2, 0.25) is 0 Å². The van der Waals surface area contributed by atoms with Crippen LogP contribution in [0.4, 0.5) is 0 Å². The lowest BCUT2D eigenvalue weighted by Gasteiger charge is -2.10. The molecule has 2 aromatic heterocycles. The molecule has 130 valence electrons. The first-order valence-corrected chi connectivity index (χ1v) is 8.10. The highest BCUT2D eigenvalue weighted by molar-refractivity contribution is 5.81. The highest BCUT2D eigenvalue weighted by atomic mass is 16.5. The Hall–Kier alpha value is -3.48. The van der Waals surface area contributed by atoms with E-state index in [2.05, 4.69) is 15.5 Å². The van der Waals surface area contributed by atoms with Crippen LogP contribution in [-0.2, 0) is 6.61 Å². The molecule has 0 spiro atoms. The molecule has 0 saturated heterocycles. The minimum atomic E-state index is -0.381. The van der Waals surface area contributed by atoms with Crippen LogP contribution in [0.2, 0.25) is 0 Å². The van der Waals surface area contributed by atoms with Crippen LogP contribution in [-0.4, -0.2) is 20.2 Å². The molecule has 0 atom stereocenters. The largest absolute Gasteiger partial charge is 0.489 e. The van der Waals surface area contributed by atoms with E-state index >= 15 is 0 Å². The van der Waals surface area contributed by atoms with Crippen molar-refractivity contribution in [2.24, 2.45) is 0 Å². The summed E-state index contributed by atoms with van der Waals surface area (Å²) in [5, 5.41) is 11.9. The Morgan fingerprint density at radius 1 is 1.08 bits per heavy atom. The summed E-state index contributed by atoms with van der Waals surface area (Å²) in [6.45, 7) is 4.29. The molecule has 0 aliphatic heterocycles. The Morgan fingerprint density at radius 3 is 2.58 bits per heavy atom. The summed E-state index contributed by atoms with van der Waals surface area (Å²) in [6.07, 6.45) is 1.52. The highest BCUT2D eigenvalue weighted by Crippen LogP contribution is 2.23. The van der Waals surface area contributed by atoms with E-state index in [1.807, 2.05) is 50.2 Å². The molecule has 0 bridgehead atoms. The average Bonchev–Trinajstić information content (AvgIpc) is 3.16. The van der Waals surface area contributed by atoms with Gasteiger partial charge in [0.25, 0.3) is 0 Å². The van der Waals surface area contributed by atoms with Gasteiger partial charge >= 0.3 is 5.63 Å². The predicted octanol–water partition coefficient (Wildman–Crippen LogP) is 2.96. The van der Waals surface area contributed by atoms with E-state index in [1.165, 1.54) is 12.4 Å². The third kappa shape index (κ3) is 3.06. The van der Waals surface area contributed by atoms with Gasteiger partial charge in [0.05, 0.1) is 5.69 Å². The van der Waals surface area contributed by atoms with Crippen molar-refractivity contribution in [3.05, 3.63) is 75.9 Å². The summed E-state index contributed by atoms with van der Waals surface area (Å²) in [4.78, 5) is 11.8. The molecule has 0 aliphatic carbocycles. The molecule has 0 radical (unpaired) electrons. The maximum Gasteiger partial charge on any atom is 0.336 e. The van der Waals surface area contributed by atoms with E-state index in [0.29, 0.717) is 11.3 Å². The summed E-state index contributed by atoms with van der Waals surface area (Å²) in [7, 11) is 0. The Kier molecular flexibility index (Phi) is 3.96. The summed E-state index contributed by atoms with van der Waals surface area (Å²) in [5.74, 6) is 0.687. The predicted molar refractivity (Wildman–Crippen MR) is 95.4 cm³/mol. The molecule has 4 rings (SSSR count). The van der Waals surface area contributed by atoms with E-state index in [1.54, 1.807) is 4.68 Å². The molecule has 0 saturated carbocycles. The normalized spacial score (nSPS) is 11.0. The second-order valence-corrected chi connectivity index (χ2v) is 6.06. The third-order valence-electron chi connectivity index (χ3n) is 4.29. The number of ether oxygens (including phenoxy) is 1. The number of aryl methyl sites for hydroxylation is 2. The van der Waals surface area contributed by atoms with Crippen LogP contribution in [0.5, 0.6) is 5.75 Å². The first-order chi connectivity index (χ1) is 12.6. The summed E-state index contributed by atoms with van der Waals surface area (Å²) < 4.78 is 12.7. The fourth-order valence-corrected chi connectivity index (χ4v) is 2.74. The Morgan fingerprint density at radius 2 is 1.85 bits per heavy atom. The lowest BCUT2D eigenvalue weighted by molar-refractivity contribution is 0.306. The molecule has 2 heterocycles. The first kappa shape index (κ1) is 16.0. The fourth-order valence-electron chi connectivity index (χ4n) is 2.74. The Bertz CT molecular complexity index is 1120. The monoisotopic (exact) mass is 348 g/mol. The number of hydrogen-bond donors (Lipinski definition) is 0. The van der Waals surface area contributed by atoms with Crippen LogP contribution in [0.25, 0.3) is 16.7 Å². The second kappa shape index (κ2) is 6.44. The molecule has 2 aromatic carbocycles. The van der Waals surface area contributed by atoms with Crippen molar-refractivity contribution < 1.29 is 9.15 Å². The van der Waals surface area contributed by atoms with E-state index in [4.69, 9.17) is 9.15 Å². The lowest BCUT2D eigenvalue weighted by atomic mass is 10.0. The smallest absolute Gasteiger partial charge is 0.336 e. The number of tetrazole rings is 1. The van der Waals surface area contributed by atoms with Crippen LogP contribution >= 0.6 is 0 Å². The second-order valence-electron chi connectivity index (χ2n) is 6.06. The number of fused-ring (bicyclic) bond motifs is 1. The van der Waals surface area contributed by atoms with Crippen molar-refractivity contribution >= 4 is 11.0 Å². The van der Waals surface area contributed by atoms with Gasteiger partial charge in [-0.3, -0.25) is 0 Å². The van der Waals surface area contributed by atoms with Gasteiger partial charge in [0, 0.05) is 17.0 Å². The maximum atomic E-state index is 11.8. The SMILES string of the molecule is Cc1cc2oc(=O)cc(COc3ccc(-n4cnnn4)cc3)c2cc1C. The van der Waals surface area contributed by atoms with Crippen LogP contribution in [0.1, 0.15) is 16.7 Å². The molecule has 0 fully saturated rings. The summed E-state index contributed by atoms with van der Waals surface area (Å²) >= 11 is 0. The Labute approximate surface area is 148 Å². The summed E-state index contributed by atoms with van der Waals surface area (Å²) in [5.41, 5.74) is 4.04. The van der Waals surface area contributed by atoms with Gasteiger partial charge in [-0.15, -0.1) is 5.10 Å². The van der Waals surface area contributed by atoms with Gasteiger partial charge < -0.3 is 9.15 Å². The lowest BCUT2D eigenvalue weighted by Crippen LogP contribution is -2.04. The molecular weight excluding hydrogens is 332 g/mol. The molecular formula is C19H16N4O3. The number of rotatable bonds is 4. The minimum absolute atomic E-state index is 0.273. The number of nitrogens with zero attached hydrogens (tertiary/aromatic N) is 4. The van der Waals surface area contributed by atoms with Crippen molar-refractivity contribution in [1.82, 2.24) is 20.2 Å². The zero-order chi connectivity index (χ0) is 18.1. The number of aromatic nitrogens is 4. The molecule has 0 aliphatic rings. The highest BCUT2D eigenvalue weighted by Gasteiger charge is 2.09. The van der Waals surface area contributed by atoms with E-state index in [-0.39, 0.29) is 12.2 Å². The third-order valence-corrected chi connectivity index (χ3v) is 4.29. The van der Waals surface area contributed by atoms with Gasteiger partial charge in [0.15, 0.2) is 0 Å². The number of benzene rings is 2. The minimum Gasteiger partial charge on any atom is -0.489 e. The van der Waals surface area contributed by atoms with Crippen molar-refractivity contribution in [1.29, 1.82) is 0 Å².